The van der Waals surface area contributed by atoms with Crippen LogP contribution in [0.1, 0.15) is 5.56 Å². The van der Waals surface area contributed by atoms with Crippen molar-refractivity contribution in [2.45, 2.75) is 0 Å². The molecule has 19 heavy (non-hydrogen) atoms. The Labute approximate surface area is 120 Å². The number of hydrogen-bond donors (Lipinski definition) is 0. The van der Waals surface area contributed by atoms with Gasteiger partial charge in [0.2, 0.25) is 0 Å². The van der Waals surface area contributed by atoms with Crippen LogP contribution in [0.25, 0.3) is 0 Å². The van der Waals surface area contributed by atoms with E-state index in [0.29, 0.717) is 27.1 Å². The van der Waals surface area contributed by atoms with Crippen molar-refractivity contribution in [1.82, 2.24) is 5.01 Å². The van der Waals surface area contributed by atoms with Gasteiger partial charge in [0.05, 0.1) is 26.2 Å². The normalized spacial score (nSPS) is 15.4. The minimum atomic E-state index is -0.117. The third-order valence-corrected chi connectivity index (χ3v) is 3.82. The molecule has 1 amide bonds. The summed E-state index contributed by atoms with van der Waals surface area (Å²) < 4.78 is 10.8. The zero-order valence-corrected chi connectivity index (χ0v) is 12.1. The number of hydrogen-bond acceptors (Lipinski definition) is 6. The molecule has 1 fully saturated rings. The molecule has 1 aromatic carbocycles. The molecule has 0 aromatic heterocycles. The first-order chi connectivity index (χ1) is 9.15. The fourth-order valence-electron chi connectivity index (χ4n) is 1.52. The van der Waals surface area contributed by atoms with E-state index in [0.717, 1.165) is 0 Å². The molecule has 2 rings (SSSR count). The van der Waals surface area contributed by atoms with Crippen LogP contribution in [0.15, 0.2) is 23.3 Å². The lowest BCUT2D eigenvalue weighted by Crippen LogP contribution is -2.22. The third-order valence-electron chi connectivity index (χ3n) is 2.48. The molecule has 1 heterocycles. The standard InChI is InChI=1S/C12H12N2O3S2/c1-16-9-3-4-10(17-2)8(5-9)6-13-14-11(15)7-19-12(14)18/h3-6H,7H2,1-2H3/b13-6+. The second-order valence-electron chi connectivity index (χ2n) is 3.61. The van der Waals surface area contributed by atoms with Gasteiger partial charge in [0.25, 0.3) is 5.91 Å². The number of rotatable bonds is 4. The lowest BCUT2D eigenvalue weighted by molar-refractivity contribution is -0.123. The monoisotopic (exact) mass is 296 g/mol. The topological polar surface area (TPSA) is 51.1 Å². The lowest BCUT2D eigenvalue weighted by atomic mass is 10.2. The molecule has 1 aromatic rings. The molecule has 1 aliphatic rings. The number of benzene rings is 1. The van der Waals surface area contributed by atoms with Gasteiger partial charge in [-0.15, -0.1) is 0 Å². The number of carbonyl (C=O) groups is 1. The van der Waals surface area contributed by atoms with E-state index < -0.39 is 0 Å². The highest BCUT2D eigenvalue weighted by molar-refractivity contribution is 8.23. The highest BCUT2D eigenvalue weighted by Crippen LogP contribution is 2.23. The van der Waals surface area contributed by atoms with Gasteiger partial charge in [-0.25, -0.2) is 0 Å². The van der Waals surface area contributed by atoms with Crippen molar-refractivity contribution in [2.75, 3.05) is 20.0 Å². The summed E-state index contributed by atoms with van der Waals surface area (Å²) in [7, 11) is 3.15. The van der Waals surface area contributed by atoms with Gasteiger partial charge in [0.15, 0.2) is 4.32 Å². The molecule has 1 saturated heterocycles. The van der Waals surface area contributed by atoms with Crippen molar-refractivity contribution in [1.29, 1.82) is 0 Å². The largest absolute Gasteiger partial charge is 0.497 e. The van der Waals surface area contributed by atoms with Crippen LogP contribution in [-0.2, 0) is 4.79 Å². The zero-order valence-electron chi connectivity index (χ0n) is 10.5. The molecular weight excluding hydrogens is 284 g/mol. The van der Waals surface area contributed by atoms with Gasteiger partial charge in [-0.3, -0.25) is 4.79 Å². The summed E-state index contributed by atoms with van der Waals surface area (Å²) in [4.78, 5) is 11.5. The number of amides is 1. The van der Waals surface area contributed by atoms with Crippen molar-refractivity contribution in [2.24, 2.45) is 5.10 Å². The molecular formula is C12H12N2O3S2. The highest BCUT2D eigenvalue weighted by atomic mass is 32.2. The molecule has 0 spiro atoms. The van der Waals surface area contributed by atoms with E-state index >= 15 is 0 Å². The predicted molar refractivity (Wildman–Crippen MR) is 79.0 cm³/mol. The number of ether oxygens (including phenoxy) is 2. The van der Waals surface area contributed by atoms with Gasteiger partial charge in [0.1, 0.15) is 11.5 Å². The average molecular weight is 296 g/mol. The molecule has 1 aliphatic heterocycles. The van der Waals surface area contributed by atoms with Gasteiger partial charge in [0, 0.05) is 5.56 Å². The molecule has 0 N–H and O–H groups in total. The molecule has 0 bridgehead atoms. The van der Waals surface area contributed by atoms with Crippen LogP contribution in [-0.4, -0.2) is 41.4 Å². The smallest absolute Gasteiger partial charge is 0.259 e. The van der Waals surface area contributed by atoms with Crippen molar-refractivity contribution >= 4 is 40.4 Å². The summed E-state index contributed by atoms with van der Waals surface area (Å²) >= 11 is 6.35. The quantitative estimate of drug-likeness (QED) is 0.627. The van der Waals surface area contributed by atoms with E-state index in [-0.39, 0.29) is 5.91 Å². The van der Waals surface area contributed by atoms with Crippen LogP contribution in [0.4, 0.5) is 0 Å². The maximum absolute atomic E-state index is 11.5. The van der Waals surface area contributed by atoms with Gasteiger partial charge >= 0.3 is 0 Å². The second-order valence-corrected chi connectivity index (χ2v) is 5.22. The number of thioether (sulfide) groups is 1. The van der Waals surface area contributed by atoms with Crippen molar-refractivity contribution in [3.05, 3.63) is 23.8 Å². The lowest BCUT2D eigenvalue weighted by Gasteiger charge is -2.09. The first-order valence-electron chi connectivity index (χ1n) is 5.41. The van der Waals surface area contributed by atoms with Gasteiger partial charge in [-0.2, -0.15) is 10.1 Å². The Bertz CT molecular complexity index is 530. The van der Waals surface area contributed by atoms with Gasteiger partial charge < -0.3 is 9.47 Å². The summed E-state index contributed by atoms with van der Waals surface area (Å²) in [6.07, 6.45) is 1.54. The predicted octanol–water partition coefficient (Wildman–Crippen LogP) is 1.90. The first kappa shape index (κ1) is 13.8. The molecule has 0 aliphatic carbocycles. The summed E-state index contributed by atoms with van der Waals surface area (Å²) in [5, 5.41) is 5.32. The first-order valence-corrected chi connectivity index (χ1v) is 6.81. The summed E-state index contributed by atoms with van der Waals surface area (Å²) in [6, 6.07) is 5.34. The van der Waals surface area contributed by atoms with Crippen LogP contribution >= 0.6 is 24.0 Å². The number of hydrazone groups is 1. The summed E-state index contributed by atoms with van der Waals surface area (Å²) in [5.41, 5.74) is 0.717. The number of thiocarbonyl (C=S) groups is 1. The second kappa shape index (κ2) is 6.03. The van der Waals surface area contributed by atoms with E-state index in [2.05, 4.69) is 5.10 Å². The third kappa shape index (κ3) is 3.05. The maximum atomic E-state index is 11.5. The molecule has 7 heteroatoms. The Morgan fingerprint density at radius 1 is 1.42 bits per heavy atom. The van der Waals surface area contributed by atoms with E-state index in [1.165, 1.54) is 23.0 Å². The van der Waals surface area contributed by atoms with Crippen molar-refractivity contribution < 1.29 is 14.3 Å². The Balaban J connectivity index is 2.26. The Hall–Kier alpha value is -1.60. The minimum Gasteiger partial charge on any atom is -0.497 e. The molecule has 100 valence electrons. The number of methoxy groups -OCH3 is 2. The van der Waals surface area contributed by atoms with Crippen LogP contribution in [0.2, 0.25) is 0 Å². The highest BCUT2D eigenvalue weighted by Gasteiger charge is 2.26. The molecule has 0 unspecified atom stereocenters. The number of carbonyl (C=O) groups excluding carboxylic acids is 1. The van der Waals surface area contributed by atoms with E-state index in [4.69, 9.17) is 21.7 Å². The van der Waals surface area contributed by atoms with Crippen LogP contribution in [0.3, 0.4) is 0 Å². The molecule has 0 atom stereocenters. The summed E-state index contributed by atoms with van der Waals surface area (Å²) in [6.45, 7) is 0. The van der Waals surface area contributed by atoms with Gasteiger partial charge in [-0.1, -0.05) is 24.0 Å². The van der Waals surface area contributed by atoms with Crippen LogP contribution in [0, 0.1) is 0 Å². The van der Waals surface area contributed by atoms with E-state index in [1.807, 2.05) is 0 Å². The van der Waals surface area contributed by atoms with Gasteiger partial charge in [-0.05, 0) is 18.2 Å². The Morgan fingerprint density at radius 2 is 2.21 bits per heavy atom. The Morgan fingerprint density at radius 3 is 2.79 bits per heavy atom. The van der Waals surface area contributed by atoms with Crippen molar-refractivity contribution in [3.8, 4) is 11.5 Å². The van der Waals surface area contributed by atoms with Crippen molar-refractivity contribution in [3.63, 3.8) is 0 Å². The number of nitrogens with zero attached hydrogens (tertiary/aromatic N) is 2. The van der Waals surface area contributed by atoms with Crippen LogP contribution < -0.4 is 9.47 Å². The van der Waals surface area contributed by atoms with E-state index in [9.17, 15) is 4.79 Å². The SMILES string of the molecule is COc1ccc(OC)c(/C=N/N2C(=O)CSC2=S)c1. The zero-order chi connectivity index (χ0) is 13.8. The Kier molecular flexibility index (Phi) is 4.39. The van der Waals surface area contributed by atoms with Crippen LogP contribution in [0.5, 0.6) is 11.5 Å². The maximum Gasteiger partial charge on any atom is 0.259 e. The summed E-state index contributed by atoms with van der Waals surface area (Å²) in [5.74, 6) is 1.56. The average Bonchev–Trinajstić information content (AvgIpc) is 2.75. The fourth-order valence-corrected chi connectivity index (χ4v) is 2.49. The molecule has 5 nitrogen and oxygen atoms in total. The fraction of sp³-hybridized carbons (Fsp3) is 0.250. The van der Waals surface area contributed by atoms with E-state index in [1.54, 1.807) is 32.4 Å². The minimum absolute atomic E-state index is 0.117. The molecule has 0 radical (unpaired) electrons. The molecule has 0 saturated carbocycles.